The minimum atomic E-state index is -0.418. The van der Waals surface area contributed by atoms with Gasteiger partial charge in [-0.2, -0.15) is 0 Å². The largest absolute Gasteiger partial charge is 0.444 e. The normalized spacial score (nSPS) is 30.6. The zero-order valence-corrected chi connectivity index (χ0v) is 10.4. The van der Waals surface area contributed by atoms with Crippen LogP contribution in [0.3, 0.4) is 0 Å². The average Bonchev–Trinajstić information content (AvgIpc) is 2.87. The summed E-state index contributed by atoms with van der Waals surface area (Å²) in [6, 6.07) is 0.139. The molecule has 1 saturated heterocycles. The van der Waals surface area contributed by atoms with Crippen molar-refractivity contribution in [2.75, 3.05) is 13.1 Å². The van der Waals surface area contributed by atoms with Gasteiger partial charge in [0.1, 0.15) is 5.60 Å². The first-order valence-corrected chi connectivity index (χ1v) is 6.10. The van der Waals surface area contributed by atoms with Crippen LogP contribution in [0, 0.1) is 11.8 Å². The molecule has 1 heterocycles. The number of hydrogen-bond donors (Lipinski definition) is 1. The zero-order chi connectivity index (χ0) is 11.9. The molecule has 2 fully saturated rings. The second kappa shape index (κ2) is 3.91. The fraction of sp³-hybridized carbons (Fsp3) is 0.917. The van der Waals surface area contributed by atoms with Crippen LogP contribution in [0.1, 0.15) is 33.6 Å². The number of amides is 1. The summed E-state index contributed by atoms with van der Waals surface area (Å²) >= 11 is 0. The maximum atomic E-state index is 11.8. The Morgan fingerprint density at radius 3 is 2.44 bits per heavy atom. The van der Waals surface area contributed by atoms with Crippen LogP contribution in [0.25, 0.3) is 0 Å². The molecule has 0 aromatic heterocycles. The van der Waals surface area contributed by atoms with Crippen LogP contribution in [0.15, 0.2) is 0 Å². The molecule has 0 aromatic rings. The van der Waals surface area contributed by atoms with Crippen LogP contribution < -0.4 is 5.73 Å². The van der Waals surface area contributed by atoms with Crippen molar-refractivity contribution in [2.45, 2.75) is 45.3 Å². The third-order valence-electron chi connectivity index (χ3n) is 3.29. The zero-order valence-electron chi connectivity index (χ0n) is 10.4. The van der Waals surface area contributed by atoms with Gasteiger partial charge in [-0.1, -0.05) is 0 Å². The summed E-state index contributed by atoms with van der Waals surface area (Å²) in [6.45, 7) is 7.09. The Labute approximate surface area is 97.1 Å². The van der Waals surface area contributed by atoms with E-state index >= 15 is 0 Å². The summed E-state index contributed by atoms with van der Waals surface area (Å²) in [5.41, 5.74) is 5.64. The molecule has 2 aliphatic rings. The molecular weight excluding hydrogens is 204 g/mol. The SMILES string of the molecule is CC(C)(C)OC(=O)N1C[C@H](C2CC2)[C@@H](N)C1. The van der Waals surface area contributed by atoms with Crippen LogP contribution in [-0.4, -0.2) is 35.7 Å². The Balaban J connectivity index is 1.89. The molecule has 0 bridgehead atoms. The molecule has 4 nitrogen and oxygen atoms in total. The highest BCUT2D eigenvalue weighted by Crippen LogP contribution is 2.41. The molecular formula is C12H22N2O2. The van der Waals surface area contributed by atoms with Crippen LogP contribution >= 0.6 is 0 Å². The van der Waals surface area contributed by atoms with E-state index < -0.39 is 5.60 Å². The Bertz CT molecular complexity index is 281. The third kappa shape index (κ3) is 2.67. The number of nitrogens with zero attached hydrogens (tertiary/aromatic N) is 1. The fourth-order valence-electron chi connectivity index (χ4n) is 2.35. The van der Waals surface area contributed by atoms with Gasteiger partial charge in [0, 0.05) is 19.1 Å². The van der Waals surface area contributed by atoms with Gasteiger partial charge in [-0.15, -0.1) is 0 Å². The van der Waals surface area contributed by atoms with Gasteiger partial charge in [0.2, 0.25) is 0 Å². The van der Waals surface area contributed by atoms with Crippen molar-refractivity contribution in [3.05, 3.63) is 0 Å². The van der Waals surface area contributed by atoms with Crippen molar-refractivity contribution >= 4 is 6.09 Å². The van der Waals surface area contributed by atoms with E-state index in [4.69, 9.17) is 10.5 Å². The monoisotopic (exact) mass is 226 g/mol. The number of hydrogen-bond acceptors (Lipinski definition) is 3. The number of ether oxygens (including phenoxy) is 1. The quantitative estimate of drug-likeness (QED) is 0.738. The van der Waals surface area contributed by atoms with E-state index in [1.165, 1.54) is 12.8 Å². The molecule has 16 heavy (non-hydrogen) atoms. The lowest BCUT2D eigenvalue weighted by Crippen LogP contribution is -2.36. The van der Waals surface area contributed by atoms with Crippen molar-refractivity contribution < 1.29 is 9.53 Å². The Morgan fingerprint density at radius 2 is 1.94 bits per heavy atom. The van der Waals surface area contributed by atoms with Gasteiger partial charge in [-0.25, -0.2) is 4.79 Å². The Kier molecular flexibility index (Phi) is 2.86. The van der Waals surface area contributed by atoms with Gasteiger partial charge in [0.15, 0.2) is 0 Å². The number of carbonyl (C=O) groups is 1. The lowest BCUT2D eigenvalue weighted by molar-refractivity contribution is 0.0285. The van der Waals surface area contributed by atoms with E-state index in [-0.39, 0.29) is 12.1 Å². The molecule has 1 amide bonds. The number of nitrogens with two attached hydrogens (primary N) is 1. The fourth-order valence-corrected chi connectivity index (χ4v) is 2.35. The highest BCUT2D eigenvalue weighted by molar-refractivity contribution is 5.68. The standard InChI is InChI=1S/C12H22N2O2/c1-12(2,3)16-11(15)14-6-9(8-4-5-8)10(13)7-14/h8-10H,4-7,13H2,1-3H3/t9-,10+/m1/s1. The van der Waals surface area contributed by atoms with Crippen molar-refractivity contribution in [1.82, 2.24) is 4.90 Å². The van der Waals surface area contributed by atoms with Crippen molar-refractivity contribution in [3.63, 3.8) is 0 Å². The van der Waals surface area contributed by atoms with Crippen LogP contribution in [0.5, 0.6) is 0 Å². The van der Waals surface area contributed by atoms with Gasteiger partial charge in [0.25, 0.3) is 0 Å². The van der Waals surface area contributed by atoms with E-state index in [2.05, 4.69) is 0 Å². The summed E-state index contributed by atoms with van der Waals surface area (Å²) in [5, 5.41) is 0. The minimum absolute atomic E-state index is 0.139. The lowest BCUT2D eigenvalue weighted by Gasteiger charge is -2.24. The predicted molar refractivity (Wildman–Crippen MR) is 62.0 cm³/mol. The molecule has 2 rings (SSSR count). The third-order valence-corrected chi connectivity index (χ3v) is 3.29. The summed E-state index contributed by atoms with van der Waals surface area (Å²) in [7, 11) is 0. The summed E-state index contributed by atoms with van der Waals surface area (Å²) in [4.78, 5) is 13.6. The van der Waals surface area contributed by atoms with Gasteiger partial charge in [-0.05, 0) is 45.4 Å². The van der Waals surface area contributed by atoms with Crippen LogP contribution in [0.4, 0.5) is 4.79 Å². The molecule has 1 aliphatic carbocycles. The summed E-state index contributed by atoms with van der Waals surface area (Å²) in [6.07, 6.45) is 2.34. The van der Waals surface area contributed by atoms with Crippen LogP contribution in [-0.2, 0) is 4.74 Å². The average molecular weight is 226 g/mol. The molecule has 0 aromatic carbocycles. The number of carbonyl (C=O) groups excluding carboxylic acids is 1. The smallest absolute Gasteiger partial charge is 0.410 e. The maximum Gasteiger partial charge on any atom is 0.410 e. The second-order valence-corrected chi connectivity index (χ2v) is 6.05. The van der Waals surface area contributed by atoms with E-state index in [1.54, 1.807) is 4.90 Å². The predicted octanol–water partition coefficient (Wildman–Crippen LogP) is 1.59. The molecule has 0 unspecified atom stereocenters. The van der Waals surface area contributed by atoms with Crippen LogP contribution in [0.2, 0.25) is 0 Å². The van der Waals surface area contributed by atoms with E-state index in [0.717, 1.165) is 12.5 Å². The van der Waals surface area contributed by atoms with Crippen molar-refractivity contribution in [3.8, 4) is 0 Å². The van der Waals surface area contributed by atoms with Crippen molar-refractivity contribution in [2.24, 2.45) is 17.6 Å². The first kappa shape index (κ1) is 11.7. The lowest BCUT2D eigenvalue weighted by atomic mass is 9.99. The molecule has 0 spiro atoms. The first-order valence-electron chi connectivity index (χ1n) is 6.10. The Morgan fingerprint density at radius 1 is 1.31 bits per heavy atom. The molecule has 2 N–H and O–H groups in total. The second-order valence-electron chi connectivity index (χ2n) is 6.05. The summed E-state index contributed by atoms with van der Waals surface area (Å²) in [5.74, 6) is 1.25. The van der Waals surface area contributed by atoms with Gasteiger partial charge in [-0.3, -0.25) is 0 Å². The van der Waals surface area contributed by atoms with E-state index in [1.807, 2.05) is 20.8 Å². The summed E-state index contributed by atoms with van der Waals surface area (Å²) < 4.78 is 5.35. The maximum absolute atomic E-state index is 11.8. The van der Waals surface area contributed by atoms with Gasteiger partial charge >= 0.3 is 6.09 Å². The molecule has 4 heteroatoms. The van der Waals surface area contributed by atoms with Crippen molar-refractivity contribution in [1.29, 1.82) is 0 Å². The molecule has 2 atom stereocenters. The highest BCUT2D eigenvalue weighted by atomic mass is 16.6. The van der Waals surface area contributed by atoms with E-state index in [9.17, 15) is 4.79 Å². The first-order chi connectivity index (χ1) is 7.37. The topological polar surface area (TPSA) is 55.6 Å². The Hall–Kier alpha value is -0.770. The highest BCUT2D eigenvalue weighted by Gasteiger charge is 2.43. The molecule has 92 valence electrons. The molecule has 0 radical (unpaired) electrons. The van der Waals surface area contributed by atoms with E-state index in [0.29, 0.717) is 12.5 Å². The molecule has 1 aliphatic heterocycles. The number of likely N-dealkylation sites (tertiary alicyclic amines) is 1. The van der Waals surface area contributed by atoms with Gasteiger partial charge < -0.3 is 15.4 Å². The van der Waals surface area contributed by atoms with Gasteiger partial charge in [0.05, 0.1) is 0 Å². The minimum Gasteiger partial charge on any atom is -0.444 e. The molecule has 1 saturated carbocycles. The number of rotatable bonds is 1.